The second-order valence-corrected chi connectivity index (χ2v) is 7.55. The van der Waals surface area contributed by atoms with Crippen LogP contribution in [0.3, 0.4) is 0 Å². The number of aliphatic hydroxyl groups excluding tert-OH is 1. The van der Waals surface area contributed by atoms with Crippen molar-refractivity contribution in [2.75, 3.05) is 46.2 Å². The number of quaternary nitrogens is 1. The van der Waals surface area contributed by atoms with E-state index in [0.717, 1.165) is 16.8 Å². The van der Waals surface area contributed by atoms with Crippen molar-refractivity contribution >= 4 is 11.3 Å². The molecule has 0 unspecified atom stereocenters. The minimum absolute atomic E-state index is 0. The maximum atomic E-state index is 8.39. The summed E-state index contributed by atoms with van der Waals surface area (Å²) in [5.41, 5.74) is 3.77. The predicted octanol–water partition coefficient (Wildman–Crippen LogP) is 0.382. The van der Waals surface area contributed by atoms with Gasteiger partial charge in [0.1, 0.15) is 12.3 Å². The minimum atomic E-state index is 0. The average molecular weight is 357 g/mol. The van der Waals surface area contributed by atoms with Gasteiger partial charge < -0.3 is 32.1 Å². The van der Waals surface area contributed by atoms with E-state index in [-0.39, 0.29) is 24.6 Å². The molecule has 0 aliphatic carbocycles. The Morgan fingerprint density at radius 3 is 2.29 bits per heavy atom. The van der Waals surface area contributed by atoms with Gasteiger partial charge in [-0.1, -0.05) is 6.08 Å². The Hall–Kier alpha value is -1.23. The molecule has 0 amide bonds. The van der Waals surface area contributed by atoms with Crippen LogP contribution < -0.4 is 22.5 Å². The molecule has 1 heterocycles. The summed E-state index contributed by atoms with van der Waals surface area (Å²) in [5, 5.41) is 11.9. The number of nitrogens with zero attached hydrogens (tertiary/aromatic N) is 1. The lowest BCUT2D eigenvalue weighted by atomic mass is 9.91. The summed E-state index contributed by atoms with van der Waals surface area (Å²) in [6.07, 6.45) is 2.26. The number of likely N-dealkylation sites (N-methyl/N-ethyl adjacent to an activating group) is 1. The molecule has 2 N–H and O–H groups in total. The van der Waals surface area contributed by atoms with Gasteiger partial charge in [0.15, 0.2) is 0 Å². The monoisotopic (exact) mass is 356 g/mol. The van der Waals surface area contributed by atoms with Crippen LogP contribution >= 0.6 is 0 Å². The Labute approximate surface area is 153 Å². The van der Waals surface area contributed by atoms with Crippen molar-refractivity contribution in [3.05, 3.63) is 29.8 Å². The number of nitrogens with one attached hydrogen (secondary N) is 1. The van der Waals surface area contributed by atoms with Crippen LogP contribution in [0.2, 0.25) is 0 Å². The van der Waals surface area contributed by atoms with E-state index in [4.69, 9.17) is 9.84 Å². The number of ether oxygens (including phenoxy) is 1. The predicted molar refractivity (Wildman–Crippen MR) is 98.9 cm³/mol. The van der Waals surface area contributed by atoms with E-state index >= 15 is 0 Å². The third kappa shape index (κ3) is 7.56. The fourth-order valence-electron chi connectivity index (χ4n) is 2.52. The molecule has 4 nitrogen and oxygen atoms in total. The number of aliphatic hydroxyl groups is 1. The van der Waals surface area contributed by atoms with Gasteiger partial charge in [-0.25, -0.2) is 0 Å². The number of anilines is 1. The second-order valence-electron chi connectivity index (χ2n) is 7.55. The quantitative estimate of drug-likeness (QED) is 0.766. The maximum absolute atomic E-state index is 8.39. The van der Waals surface area contributed by atoms with Gasteiger partial charge in [0.05, 0.1) is 39.9 Å². The Balaban J connectivity index is 0.000000570. The summed E-state index contributed by atoms with van der Waals surface area (Å²) >= 11 is 0. The summed E-state index contributed by atoms with van der Waals surface area (Å²) < 4.78 is 6.36. The minimum Gasteiger partial charge on any atom is -1.00 e. The lowest BCUT2D eigenvalue weighted by Crippen LogP contribution is -3.00. The molecule has 0 aromatic heterocycles. The molecule has 0 atom stereocenters. The second kappa shape index (κ2) is 9.30. The molecule has 1 aliphatic heterocycles. The van der Waals surface area contributed by atoms with Crippen molar-refractivity contribution in [2.45, 2.75) is 33.2 Å². The first-order valence-electron chi connectivity index (χ1n) is 8.24. The Morgan fingerprint density at radius 2 is 1.83 bits per heavy atom. The molecule has 2 rings (SSSR count). The van der Waals surface area contributed by atoms with Crippen LogP contribution in [0.15, 0.2) is 24.3 Å². The molecule has 1 aliphatic rings. The SMILES string of the molecule is CCOc1ccc2c(c1)C(C)=CC(C)(C)N2.C[N+](C)(C)CCO.[Cl-]. The molecule has 0 fully saturated rings. The van der Waals surface area contributed by atoms with Crippen LogP contribution in [-0.4, -0.2) is 56.0 Å². The average Bonchev–Trinajstić information content (AvgIpc) is 2.38. The molecule has 0 saturated carbocycles. The van der Waals surface area contributed by atoms with Crippen molar-refractivity contribution in [1.29, 1.82) is 0 Å². The summed E-state index contributed by atoms with van der Waals surface area (Å²) in [7, 11) is 6.16. The molecule has 24 heavy (non-hydrogen) atoms. The molecule has 1 aromatic carbocycles. The van der Waals surface area contributed by atoms with Gasteiger partial charge in [-0.3, -0.25) is 0 Å². The highest BCUT2D eigenvalue weighted by Crippen LogP contribution is 2.35. The molecule has 0 radical (unpaired) electrons. The number of rotatable bonds is 4. The molecular formula is C19H33ClN2O2. The Bertz CT molecular complexity index is 549. The third-order valence-corrected chi connectivity index (χ3v) is 3.53. The van der Waals surface area contributed by atoms with E-state index in [0.29, 0.717) is 6.61 Å². The zero-order valence-corrected chi connectivity index (χ0v) is 16.9. The van der Waals surface area contributed by atoms with Crippen LogP contribution in [0.4, 0.5) is 5.69 Å². The van der Waals surface area contributed by atoms with Crippen LogP contribution in [0.25, 0.3) is 5.57 Å². The lowest BCUT2D eigenvalue weighted by Gasteiger charge is -2.31. The third-order valence-electron chi connectivity index (χ3n) is 3.53. The highest BCUT2D eigenvalue weighted by Gasteiger charge is 2.22. The lowest BCUT2D eigenvalue weighted by molar-refractivity contribution is -0.870. The fraction of sp³-hybridized carbons (Fsp3) is 0.579. The van der Waals surface area contributed by atoms with Crippen LogP contribution in [-0.2, 0) is 0 Å². The first-order valence-corrected chi connectivity index (χ1v) is 8.24. The van der Waals surface area contributed by atoms with Gasteiger partial charge in [0, 0.05) is 11.3 Å². The van der Waals surface area contributed by atoms with Gasteiger partial charge in [0.25, 0.3) is 0 Å². The zero-order valence-electron chi connectivity index (χ0n) is 16.1. The Morgan fingerprint density at radius 1 is 1.21 bits per heavy atom. The van der Waals surface area contributed by atoms with Gasteiger partial charge in [-0.05, 0) is 51.5 Å². The number of benzene rings is 1. The van der Waals surface area contributed by atoms with Gasteiger partial charge in [-0.2, -0.15) is 0 Å². The molecule has 0 saturated heterocycles. The first kappa shape index (κ1) is 22.8. The smallest absolute Gasteiger partial charge is 0.120 e. The molecule has 138 valence electrons. The topological polar surface area (TPSA) is 41.5 Å². The molecule has 0 bridgehead atoms. The maximum Gasteiger partial charge on any atom is 0.120 e. The molecular weight excluding hydrogens is 324 g/mol. The summed E-state index contributed by atoms with van der Waals surface area (Å²) in [6.45, 7) is 10.3. The number of hydrogen-bond donors (Lipinski definition) is 2. The fourth-order valence-corrected chi connectivity index (χ4v) is 2.52. The van der Waals surface area contributed by atoms with Gasteiger partial charge in [0.2, 0.25) is 0 Å². The van der Waals surface area contributed by atoms with E-state index < -0.39 is 0 Å². The summed E-state index contributed by atoms with van der Waals surface area (Å²) in [6, 6.07) is 6.22. The van der Waals surface area contributed by atoms with E-state index in [1.807, 2.05) is 13.0 Å². The number of halogens is 1. The highest BCUT2D eigenvalue weighted by molar-refractivity contribution is 5.80. The van der Waals surface area contributed by atoms with Crippen LogP contribution in [0.5, 0.6) is 5.75 Å². The molecule has 0 spiro atoms. The zero-order chi connectivity index (χ0) is 17.7. The van der Waals surface area contributed by atoms with Crippen LogP contribution in [0, 0.1) is 0 Å². The van der Waals surface area contributed by atoms with Gasteiger partial charge in [-0.15, -0.1) is 0 Å². The molecule has 1 aromatic rings. The standard InChI is InChI=1S/C14H19NO.C5H14NO.ClH/c1-5-16-11-6-7-13-12(8-11)10(2)9-14(3,4)15-13;1-6(2,3)4-5-7;/h6-9,15H,5H2,1-4H3;7H,4-5H2,1-3H3;1H/q;+1;/p-1. The number of allylic oxidation sites excluding steroid dienone is 1. The van der Waals surface area contributed by atoms with Crippen molar-refractivity contribution in [3.8, 4) is 5.75 Å². The van der Waals surface area contributed by atoms with E-state index in [1.165, 1.54) is 16.8 Å². The van der Waals surface area contributed by atoms with Crippen molar-refractivity contribution in [3.63, 3.8) is 0 Å². The van der Waals surface area contributed by atoms with Crippen molar-refractivity contribution in [2.24, 2.45) is 0 Å². The molecule has 5 heteroatoms. The van der Waals surface area contributed by atoms with Crippen molar-refractivity contribution in [1.82, 2.24) is 0 Å². The van der Waals surface area contributed by atoms with Crippen LogP contribution in [0.1, 0.15) is 33.3 Å². The van der Waals surface area contributed by atoms with Gasteiger partial charge >= 0.3 is 0 Å². The van der Waals surface area contributed by atoms with E-state index in [1.54, 1.807) is 0 Å². The van der Waals surface area contributed by atoms with E-state index in [2.05, 4.69) is 65.4 Å². The van der Waals surface area contributed by atoms with Crippen molar-refractivity contribution < 1.29 is 26.7 Å². The number of hydrogen-bond acceptors (Lipinski definition) is 3. The largest absolute Gasteiger partial charge is 1.00 e. The first-order chi connectivity index (χ1) is 10.6. The Kier molecular flexibility index (Phi) is 8.83. The summed E-state index contributed by atoms with van der Waals surface area (Å²) in [4.78, 5) is 0. The number of fused-ring (bicyclic) bond motifs is 1. The highest BCUT2D eigenvalue weighted by atomic mass is 35.5. The van der Waals surface area contributed by atoms with E-state index in [9.17, 15) is 0 Å². The normalized spacial score (nSPS) is 14.9. The summed E-state index contributed by atoms with van der Waals surface area (Å²) in [5.74, 6) is 0.940.